The molecule has 1 fully saturated rings. The van der Waals surface area contributed by atoms with Crippen molar-refractivity contribution in [3.8, 4) is 0 Å². The van der Waals surface area contributed by atoms with Gasteiger partial charge in [-0.3, -0.25) is 0 Å². The number of ether oxygens (including phenoxy) is 1. The highest BCUT2D eigenvalue weighted by molar-refractivity contribution is 9.09. The molecule has 1 aliphatic rings. The third kappa shape index (κ3) is 3.57. The van der Waals surface area contributed by atoms with Crippen molar-refractivity contribution in [1.82, 2.24) is 0 Å². The lowest BCUT2D eigenvalue weighted by Gasteiger charge is -2.33. The van der Waals surface area contributed by atoms with E-state index in [1.165, 1.54) is 25.7 Å². The molecule has 0 aromatic heterocycles. The Kier molecular flexibility index (Phi) is 3.86. The summed E-state index contributed by atoms with van der Waals surface area (Å²) in [4.78, 5) is 0.667. The minimum absolute atomic E-state index is 0.529. The van der Waals surface area contributed by atoms with Gasteiger partial charge in [0.1, 0.15) is 0 Å². The number of halogens is 1. The molecule has 0 aromatic rings. The van der Waals surface area contributed by atoms with Crippen LogP contribution in [-0.2, 0) is 4.74 Å². The molecule has 0 saturated carbocycles. The van der Waals surface area contributed by atoms with Crippen LogP contribution in [0.3, 0.4) is 0 Å². The minimum Gasteiger partial charge on any atom is -0.375 e. The highest BCUT2D eigenvalue weighted by Crippen LogP contribution is 2.24. The lowest BCUT2D eigenvalue weighted by Crippen LogP contribution is -2.34. The summed E-state index contributed by atoms with van der Waals surface area (Å²) in [7, 11) is 0. The molecule has 0 bridgehead atoms. The van der Waals surface area contributed by atoms with Crippen LogP contribution >= 0.6 is 15.9 Å². The fourth-order valence-corrected chi connectivity index (χ4v) is 1.82. The molecule has 0 N–H and O–H groups in total. The van der Waals surface area contributed by atoms with Crippen LogP contribution in [0.1, 0.15) is 39.5 Å². The Labute approximate surface area is 77.6 Å². The van der Waals surface area contributed by atoms with Crippen molar-refractivity contribution < 1.29 is 4.74 Å². The van der Waals surface area contributed by atoms with Gasteiger partial charge >= 0.3 is 0 Å². The van der Waals surface area contributed by atoms with E-state index in [1.54, 1.807) is 0 Å². The zero-order chi connectivity index (χ0) is 8.27. The highest BCUT2D eigenvalue weighted by Gasteiger charge is 2.25. The van der Waals surface area contributed by atoms with Gasteiger partial charge in [-0.15, -0.1) is 0 Å². The van der Waals surface area contributed by atoms with Crippen molar-refractivity contribution in [2.75, 3.05) is 0 Å². The Bertz CT molecular complexity index is 108. The summed E-state index contributed by atoms with van der Waals surface area (Å²) >= 11 is 3.54. The third-order valence-corrected chi connectivity index (χ3v) is 2.61. The van der Waals surface area contributed by atoms with E-state index in [0.29, 0.717) is 17.0 Å². The SMILES string of the molecule is CC(Br)CCCC1CC(C)O1. The molecule has 1 nitrogen and oxygen atoms in total. The van der Waals surface area contributed by atoms with Crippen molar-refractivity contribution in [2.45, 2.75) is 56.6 Å². The van der Waals surface area contributed by atoms with E-state index >= 15 is 0 Å². The first-order chi connectivity index (χ1) is 5.18. The van der Waals surface area contributed by atoms with Gasteiger partial charge in [-0.2, -0.15) is 0 Å². The maximum atomic E-state index is 5.51. The smallest absolute Gasteiger partial charge is 0.0603 e. The van der Waals surface area contributed by atoms with Crippen molar-refractivity contribution in [3.05, 3.63) is 0 Å². The van der Waals surface area contributed by atoms with Gasteiger partial charge < -0.3 is 4.74 Å². The molecule has 0 amide bonds. The molecule has 1 saturated heterocycles. The van der Waals surface area contributed by atoms with Crippen LogP contribution in [0, 0.1) is 0 Å². The number of hydrogen-bond acceptors (Lipinski definition) is 1. The lowest BCUT2D eigenvalue weighted by molar-refractivity contribution is -0.117. The molecule has 1 rings (SSSR count). The summed E-state index contributed by atoms with van der Waals surface area (Å²) in [5, 5.41) is 0. The summed E-state index contributed by atoms with van der Waals surface area (Å²) in [6.45, 7) is 4.34. The number of alkyl halides is 1. The summed E-state index contributed by atoms with van der Waals surface area (Å²) in [5.41, 5.74) is 0. The van der Waals surface area contributed by atoms with Gasteiger partial charge in [0.25, 0.3) is 0 Å². The quantitative estimate of drug-likeness (QED) is 0.662. The van der Waals surface area contributed by atoms with E-state index in [1.807, 2.05) is 0 Å². The van der Waals surface area contributed by atoms with E-state index in [2.05, 4.69) is 29.8 Å². The Morgan fingerprint density at radius 1 is 1.64 bits per heavy atom. The predicted molar refractivity (Wildman–Crippen MR) is 51.2 cm³/mol. The van der Waals surface area contributed by atoms with Gasteiger partial charge in [0, 0.05) is 4.83 Å². The van der Waals surface area contributed by atoms with Gasteiger partial charge in [0.15, 0.2) is 0 Å². The second-order valence-corrected chi connectivity index (χ2v) is 5.08. The number of rotatable bonds is 4. The second kappa shape index (κ2) is 4.46. The van der Waals surface area contributed by atoms with E-state index in [9.17, 15) is 0 Å². The zero-order valence-corrected chi connectivity index (χ0v) is 8.93. The van der Waals surface area contributed by atoms with Gasteiger partial charge in [0.05, 0.1) is 12.2 Å². The maximum absolute atomic E-state index is 5.51. The normalized spacial score (nSPS) is 33.0. The molecule has 2 heteroatoms. The molecule has 3 unspecified atom stereocenters. The molecule has 0 radical (unpaired) electrons. The summed E-state index contributed by atoms with van der Waals surface area (Å²) in [5.74, 6) is 0. The summed E-state index contributed by atoms with van der Waals surface area (Å²) < 4.78 is 5.51. The molecule has 0 aromatic carbocycles. The van der Waals surface area contributed by atoms with Crippen LogP contribution < -0.4 is 0 Å². The minimum atomic E-state index is 0.529. The fraction of sp³-hybridized carbons (Fsp3) is 1.00. The van der Waals surface area contributed by atoms with E-state index in [-0.39, 0.29) is 0 Å². The van der Waals surface area contributed by atoms with E-state index in [4.69, 9.17) is 4.74 Å². The van der Waals surface area contributed by atoms with Crippen LogP contribution in [0.5, 0.6) is 0 Å². The van der Waals surface area contributed by atoms with Crippen molar-refractivity contribution >= 4 is 15.9 Å². The highest BCUT2D eigenvalue weighted by atomic mass is 79.9. The average molecular weight is 221 g/mol. The van der Waals surface area contributed by atoms with Crippen LogP contribution in [0.4, 0.5) is 0 Å². The maximum Gasteiger partial charge on any atom is 0.0603 e. The topological polar surface area (TPSA) is 9.23 Å². The molecule has 0 aliphatic carbocycles. The van der Waals surface area contributed by atoms with Crippen molar-refractivity contribution in [1.29, 1.82) is 0 Å². The average Bonchev–Trinajstić information content (AvgIpc) is 1.83. The third-order valence-electron chi connectivity index (χ3n) is 2.15. The van der Waals surface area contributed by atoms with Gasteiger partial charge in [-0.05, 0) is 32.6 Å². The molecule has 11 heavy (non-hydrogen) atoms. The summed E-state index contributed by atoms with van der Waals surface area (Å²) in [6.07, 6.45) is 6.20. The molecule has 3 atom stereocenters. The zero-order valence-electron chi connectivity index (χ0n) is 7.35. The molecule has 0 spiro atoms. The Hall–Kier alpha value is 0.440. The monoisotopic (exact) mass is 220 g/mol. The molecular formula is C9H17BrO. The Morgan fingerprint density at radius 2 is 2.27 bits per heavy atom. The first-order valence-electron chi connectivity index (χ1n) is 4.48. The largest absolute Gasteiger partial charge is 0.375 e. The molecule has 1 heterocycles. The Morgan fingerprint density at radius 3 is 2.73 bits per heavy atom. The second-order valence-electron chi connectivity index (χ2n) is 3.52. The van der Waals surface area contributed by atoms with Crippen LogP contribution in [-0.4, -0.2) is 17.0 Å². The first kappa shape index (κ1) is 9.53. The number of hydrogen-bond donors (Lipinski definition) is 0. The van der Waals surface area contributed by atoms with Crippen LogP contribution in [0.2, 0.25) is 0 Å². The van der Waals surface area contributed by atoms with Crippen molar-refractivity contribution in [3.63, 3.8) is 0 Å². The van der Waals surface area contributed by atoms with Crippen LogP contribution in [0.15, 0.2) is 0 Å². The lowest BCUT2D eigenvalue weighted by atomic mass is 10.0. The van der Waals surface area contributed by atoms with Crippen molar-refractivity contribution in [2.24, 2.45) is 0 Å². The molecular weight excluding hydrogens is 204 g/mol. The van der Waals surface area contributed by atoms with E-state index in [0.717, 1.165) is 0 Å². The predicted octanol–water partition coefficient (Wildman–Crippen LogP) is 3.12. The van der Waals surface area contributed by atoms with Gasteiger partial charge in [0.2, 0.25) is 0 Å². The van der Waals surface area contributed by atoms with E-state index < -0.39 is 0 Å². The Balaban J connectivity index is 1.89. The van der Waals surface area contributed by atoms with Gasteiger partial charge in [-0.25, -0.2) is 0 Å². The fourth-order valence-electron chi connectivity index (χ4n) is 1.50. The molecule has 66 valence electrons. The van der Waals surface area contributed by atoms with Gasteiger partial charge in [-0.1, -0.05) is 22.9 Å². The summed E-state index contributed by atoms with van der Waals surface area (Å²) in [6, 6.07) is 0. The standard InChI is InChI=1S/C9H17BrO/c1-7(10)4-3-5-9-6-8(2)11-9/h7-9H,3-6H2,1-2H3. The molecule has 1 aliphatic heterocycles. The van der Waals surface area contributed by atoms with Crippen LogP contribution in [0.25, 0.3) is 0 Å². The first-order valence-corrected chi connectivity index (χ1v) is 5.39.